The Hall–Kier alpha value is -4.08. The second-order valence-electron chi connectivity index (χ2n) is 8.85. The normalized spacial score (nSPS) is 10.6. The Kier molecular flexibility index (Phi) is 8.60. The zero-order chi connectivity index (χ0) is 26.2. The Morgan fingerprint density at radius 1 is 1.00 bits per heavy atom. The predicted octanol–water partition coefficient (Wildman–Crippen LogP) is 6.77. The van der Waals surface area contributed by atoms with Crippen LogP contribution in [0.15, 0.2) is 72.8 Å². The van der Waals surface area contributed by atoms with E-state index in [-0.39, 0.29) is 17.0 Å². The molecular formula is C30H29ClN4O2. The quantitative estimate of drug-likeness (QED) is 0.177. The summed E-state index contributed by atoms with van der Waals surface area (Å²) in [7, 11) is 1.67. The summed E-state index contributed by atoms with van der Waals surface area (Å²) < 4.78 is 6.83. The van der Waals surface area contributed by atoms with Gasteiger partial charge >= 0.3 is 0 Å². The highest BCUT2D eigenvalue weighted by atomic mass is 35.5. The van der Waals surface area contributed by atoms with Gasteiger partial charge in [0.2, 0.25) is 5.78 Å². The molecule has 3 aromatic carbocycles. The molecule has 37 heavy (non-hydrogen) atoms. The summed E-state index contributed by atoms with van der Waals surface area (Å²) in [5.74, 6) is 1.08. The van der Waals surface area contributed by atoms with Gasteiger partial charge in [-0.25, -0.2) is 4.68 Å². The number of unbranched alkanes of at least 4 members (excludes halogenated alkanes) is 2. The van der Waals surface area contributed by atoms with E-state index < -0.39 is 0 Å². The fourth-order valence-corrected chi connectivity index (χ4v) is 4.21. The molecule has 0 aliphatic heterocycles. The molecule has 0 atom stereocenters. The monoisotopic (exact) mass is 512 g/mol. The lowest BCUT2D eigenvalue weighted by molar-refractivity contribution is 0.103. The summed E-state index contributed by atoms with van der Waals surface area (Å²) in [5.41, 5.74) is 3.90. The average molecular weight is 513 g/mol. The number of methoxy groups -OCH3 is 1. The van der Waals surface area contributed by atoms with Crippen LogP contribution >= 0.6 is 11.6 Å². The Balaban J connectivity index is 1.49. The molecule has 1 aromatic heterocycles. The molecule has 0 saturated heterocycles. The predicted molar refractivity (Wildman–Crippen MR) is 147 cm³/mol. The van der Waals surface area contributed by atoms with Crippen LogP contribution < -0.4 is 10.1 Å². The number of halogens is 1. The number of carbonyl (C=O) groups is 1. The number of carbonyl (C=O) groups excluding carboxylic acids is 1. The molecule has 7 heteroatoms. The molecule has 0 saturated carbocycles. The summed E-state index contributed by atoms with van der Waals surface area (Å²) in [5, 5.41) is 18.6. The second-order valence-corrected chi connectivity index (χ2v) is 9.29. The SMILES string of the molecule is COc1ccc(CCCCCNc2c(C#N)c(C(=O)c3ccc(C)cc3)nn2-c2ccc(Cl)cc2)cc1. The third kappa shape index (κ3) is 6.38. The number of ether oxygens (including phenoxy) is 1. The van der Waals surface area contributed by atoms with E-state index in [4.69, 9.17) is 16.3 Å². The lowest BCUT2D eigenvalue weighted by atomic mass is 10.0. The molecule has 188 valence electrons. The van der Waals surface area contributed by atoms with Crippen LogP contribution in [0.5, 0.6) is 5.75 Å². The van der Waals surface area contributed by atoms with Crippen molar-refractivity contribution in [2.75, 3.05) is 19.0 Å². The van der Waals surface area contributed by atoms with Crippen molar-refractivity contribution in [2.24, 2.45) is 0 Å². The number of aryl methyl sites for hydroxylation is 2. The molecule has 0 radical (unpaired) electrons. The zero-order valence-corrected chi connectivity index (χ0v) is 21.8. The van der Waals surface area contributed by atoms with Crippen molar-refractivity contribution in [2.45, 2.75) is 32.6 Å². The van der Waals surface area contributed by atoms with Crippen LogP contribution in [0.3, 0.4) is 0 Å². The highest BCUT2D eigenvalue weighted by molar-refractivity contribution is 6.30. The van der Waals surface area contributed by atoms with Crippen molar-refractivity contribution >= 4 is 23.2 Å². The van der Waals surface area contributed by atoms with Gasteiger partial charge in [0, 0.05) is 17.1 Å². The molecule has 4 aromatic rings. The minimum Gasteiger partial charge on any atom is -0.497 e. The van der Waals surface area contributed by atoms with Crippen LogP contribution in [-0.4, -0.2) is 29.2 Å². The third-order valence-corrected chi connectivity index (χ3v) is 6.44. The third-order valence-electron chi connectivity index (χ3n) is 6.19. The van der Waals surface area contributed by atoms with Gasteiger partial charge in [0.1, 0.15) is 23.2 Å². The first-order valence-electron chi connectivity index (χ1n) is 12.3. The van der Waals surface area contributed by atoms with Crippen molar-refractivity contribution < 1.29 is 9.53 Å². The van der Waals surface area contributed by atoms with Gasteiger partial charge < -0.3 is 10.1 Å². The number of nitrogens with one attached hydrogen (secondary N) is 1. The number of nitrogens with zero attached hydrogens (tertiary/aromatic N) is 3. The molecule has 0 bridgehead atoms. The molecule has 0 unspecified atom stereocenters. The van der Waals surface area contributed by atoms with Crippen LogP contribution in [0.25, 0.3) is 5.69 Å². The van der Waals surface area contributed by atoms with Gasteiger partial charge in [-0.1, -0.05) is 60.0 Å². The number of aromatic nitrogens is 2. The van der Waals surface area contributed by atoms with Crippen molar-refractivity contribution in [1.29, 1.82) is 5.26 Å². The smallest absolute Gasteiger partial charge is 0.214 e. The molecule has 0 fully saturated rings. The van der Waals surface area contributed by atoms with E-state index in [9.17, 15) is 10.1 Å². The van der Waals surface area contributed by atoms with Gasteiger partial charge in [-0.05, 0) is 68.1 Å². The maximum absolute atomic E-state index is 13.3. The standard InChI is InChI=1S/C30H29ClN4O2/c1-21-7-11-23(12-8-21)29(36)28-27(20-32)30(35(34-28)25-15-13-24(31)14-16-25)33-19-5-3-4-6-22-9-17-26(37-2)18-10-22/h7-18,33H,3-6,19H2,1-2H3. The summed E-state index contributed by atoms with van der Waals surface area (Å²) in [6, 6.07) is 24.8. The van der Waals surface area contributed by atoms with E-state index in [2.05, 4.69) is 28.6 Å². The first kappa shape index (κ1) is 26.0. The van der Waals surface area contributed by atoms with E-state index >= 15 is 0 Å². The largest absolute Gasteiger partial charge is 0.497 e. The number of benzene rings is 3. The first-order chi connectivity index (χ1) is 18.0. The number of anilines is 1. The fourth-order valence-electron chi connectivity index (χ4n) is 4.09. The number of hydrogen-bond acceptors (Lipinski definition) is 5. The Bertz CT molecular complexity index is 1390. The molecular weight excluding hydrogens is 484 g/mol. The minimum atomic E-state index is -0.285. The number of nitriles is 1. The van der Waals surface area contributed by atoms with Gasteiger partial charge in [0.15, 0.2) is 5.69 Å². The van der Waals surface area contributed by atoms with E-state index in [1.54, 1.807) is 36.1 Å². The lowest BCUT2D eigenvalue weighted by Gasteiger charge is -2.10. The van der Waals surface area contributed by atoms with E-state index in [0.29, 0.717) is 28.6 Å². The van der Waals surface area contributed by atoms with Crippen molar-refractivity contribution in [3.05, 3.63) is 106 Å². The summed E-state index contributed by atoms with van der Waals surface area (Å²) in [4.78, 5) is 13.3. The summed E-state index contributed by atoms with van der Waals surface area (Å²) >= 11 is 6.08. The Morgan fingerprint density at radius 2 is 1.70 bits per heavy atom. The summed E-state index contributed by atoms with van der Waals surface area (Å²) in [6.07, 6.45) is 3.97. The van der Waals surface area contributed by atoms with Crippen LogP contribution in [0.1, 0.15) is 52.0 Å². The van der Waals surface area contributed by atoms with Gasteiger partial charge in [0.05, 0.1) is 12.8 Å². The maximum Gasteiger partial charge on any atom is 0.214 e. The van der Waals surface area contributed by atoms with Gasteiger partial charge in [0.25, 0.3) is 0 Å². The second kappa shape index (κ2) is 12.2. The Labute approximate surface area is 222 Å². The molecule has 4 rings (SSSR count). The minimum absolute atomic E-state index is 0.128. The molecule has 6 nitrogen and oxygen atoms in total. The lowest BCUT2D eigenvalue weighted by Crippen LogP contribution is -2.09. The first-order valence-corrected chi connectivity index (χ1v) is 12.6. The maximum atomic E-state index is 13.3. The molecule has 0 spiro atoms. The van der Waals surface area contributed by atoms with Crippen LogP contribution in [-0.2, 0) is 6.42 Å². The highest BCUT2D eigenvalue weighted by Crippen LogP contribution is 2.26. The molecule has 0 amide bonds. The zero-order valence-electron chi connectivity index (χ0n) is 21.0. The topological polar surface area (TPSA) is 79.9 Å². The number of ketones is 1. The van der Waals surface area contributed by atoms with Crippen LogP contribution in [0, 0.1) is 18.3 Å². The van der Waals surface area contributed by atoms with Crippen molar-refractivity contribution in [3.8, 4) is 17.5 Å². The molecule has 1 N–H and O–H groups in total. The Morgan fingerprint density at radius 3 is 2.35 bits per heavy atom. The van der Waals surface area contributed by atoms with E-state index in [1.165, 1.54) is 5.56 Å². The van der Waals surface area contributed by atoms with Gasteiger partial charge in [-0.15, -0.1) is 0 Å². The van der Waals surface area contributed by atoms with Crippen molar-refractivity contribution in [1.82, 2.24) is 9.78 Å². The highest BCUT2D eigenvalue weighted by Gasteiger charge is 2.25. The van der Waals surface area contributed by atoms with Crippen LogP contribution in [0.4, 0.5) is 5.82 Å². The molecule has 0 aliphatic rings. The van der Waals surface area contributed by atoms with Crippen molar-refractivity contribution in [3.63, 3.8) is 0 Å². The van der Waals surface area contributed by atoms with E-state index in [0.717, 1.165) is 37.0 Å². The number of rotatable bonds is 11. The van der Waals surface area contributed by atoms with Crippen LogP contribution in [0.2, 0.25) is 5.02 Å². The average Bonchev–Trinajstić information content (AvgIpc) is 3.29. The molecule has 0 aliphatic carbocycles. The summed E-state index contributed by atoms with van der Waals surface area (Å²) in [6.45, 7) is 2.61. The molecule has 1 heterocycles. The number of hydrogen-bond donors (Lipinski definition) is 1. The fraction of sp³-hybridized carbons (Fsp3) is 0.233. The van der Waals surface area contributed by atoms with E-state index in [1.807, 2.05) is 43.3 Å². The van der Waals surface area contributed by atoms with Gasteiger partial charge in [-0.2, -0.15) is 10.4 Å². The van der Waals surface area contributed by atoms with Gasteiger partial charge in [-0.3, -0.25) is 4.79 Å².